The van der Waals surface area contributed by atoms with Gasteiger partial charge in [0.15, 0.2) is 0 Å². The number of aryl methyl sites for hydroxylation is 1. The van der Waals surface area contributed by atoms with Crippen LogP contribution in [0.25, 0.3) is 0 Å². The Kier molecular flexibility index (Phi) is 4.25. The number of benzene rings is 1. The number of nitrogens with zero attached hydrogens (tertiary/aromatic N) is 1. The molecule has 1 aromatic rings. The number of carbonyl (C=O) groups excluding carboxylic acids is 1. The summed E-state index contributed by atoms with van der Waals surface area (Å²) in [6.07, 6.45) is 2.21. The molecule has 3 heteroatoms. The standard InChI is InChI=1S/C16H24N2O/c1-4-5-13-6-8-14(9-7-13)15(19)18-11-10-17-12-16(18,2)3/h6-9,17H,4-5,10-12H2,1-3H3. The van der Waals surface area contributed by atoms with E-state index in [1.165, 1.54) is 5.56 Å². The van der Waals surface area contributed by atoms with Crippen molar-refractivity contribution in [3.05, 3.63) is 35.4 Å². The second kappa shape index (κ2) is 5.74. The Labute approximate surface area is 116 Å². The summed E-state index contributed by atoms with van der Waals surface area (Å²) in [6, 6.07) is 8.08. The Balaban J connectivity index is 2.14. The van der Waals surface area contributed by atoms with Crippen molar-refractivity contribution in [2.45, 2.75) is 39.2 Å². The molecule has 1 amide bonds. The van der Waals surface area contributed by atoms with Gasteiger partial charge < -0.3 is 10.2 Å². The fraction of sp³-hybridized carbons (Fsp3) is 0.562. The maximum absolute atomic E-state index is 12.6. The van der Waals surface area contributed by atoms with Crippen molar-refractivity contribution < 1.29 is 4.79 Å². The summed E-state index contributed by atoms with van der Waals surface area (Å²) in [5.41, 5.74) is 1.99. The molecule has 3 nitrogen and oxygen atoms in total. The molecule has 0 atom stereocenters. The van der Waals surface area contributed by atoms with Gasteiger partial charge in [0.2, 0.25) is 0 Å². The van der Waals surface area contributed by atoms with Gasteiger partial charge in [-0.05, 0) is 38.0 Å². The highest BCUT2D eigenvalue weighted by Gasteiger charge is 2.33. The Morgan fingerprint density at radius 3 is 2.58 bits per heavy atom. The van der Waals surface area contributed by atoms with Crippen LogP contribution in [0, 0.1) is 0 Å². The van der Waals surface area contributed by atoms with Gasteiger partial charge in [-0.2, -0.15) is 0 Å². The van der Waals surface area contributed by atoms with E-state index in [4.69, 9.17) is 0 Å². The third-order valence-corrected chi connectivity index (χ3v) is 3.79. The summed E-state index contributed by atoms with van der Waals surface area (Å²) in [5, 5.41) is 3.34. The number of hydrogen-bond acceptors (Lipinski definition) is 2. The highest BCUT2D eigenvalue weighted by atomic mass is 16.2. The lowest BCUT2D eigenvalue weighted by atomic mass is 9.98. The van der Waals surface area contributed by atoms with E-state index in [2.05, 4.69) is 38.2 Å². The van der Waals surface area contributed by atoms with Crippen LogP contribution in [0.5, 0.6) is 0 Å². The number of piperazine rings is 1. The maximum atomic E-state index is 12.6. The van der Waals surface area contributed by atoms with Gasteiger partial charge in [0.05, 0.1) is 5.54 Å². The van der Waals surface area contributed by atoms with E-state index < -0.39 is 0 Å². The molecule has 0 saturated carbocycles. The first kappa shape index (κ1) is 14.1. The molecule has 0 radical (unpaired) electrons. The van der Waals surface area contributed by atoms with Gasteiger partial charge in [0, 0.05) is 25.2 Å². The molecule has 1 aromatic carbocycles. The van der Waals surface area contributed by atoms with Gasteiger partial charge in [-0.1, -0.05) is 25.5 Å². The molecule has 1 heterocycles. The Morgan fingerprint density at radius 2 is 2.00 bits per heavy atom. The third kappa shape index (κ3) is 3.16. The molecule has 19 heavy (non-hydrogen) atoms. The minimum atomic E-state index is -0.114. The van der Waals surface area contributed by atoms with Gasteiger partial charge in [0.1, 0.15) is 0 Å². The molecular formula is C16H24N2O. The highest BCUT2D eigenvalue weighted by Crippen LogP contribution is 2.20. The Hall–Kier alpha value is -1.35. The lowest BCUT2D eigenvalue weighted by Gasteiger charge is -2.42. The van der Waals surface area contributed by atoms with Crippen LogP contribution < -0.4 is 5.32 Å². The van der Waals surface area contributed by atoms with Crippen molar-refractivity contribution in [2.75, 3.05) is 19.6 Å². The quantitative estimate of drug-likeness (QED) is 0.905. The molecule has 2 rings (SSSR count). The van der Waals surface area contributed by atoms with E-state index in [-0.39, 0.29) is 11.4 Å². The van der Waals surface area contributed by atoms with Crippen molar-refractivity contribution in [2.24, 2.45) is 0 Å². The fourth-order valence-corrected chi connectivity index (χ4v) is 2.62. The maximum Gasteiger partial charge on any atom is 0.254 e. The molecule has 104 valence electrons. The van der Waals surface area contributed by atoms with Crippen LogP contribution in [-0.2, 0) is 6.42 Å². The van der Waals surface area contributed by atoms with E-state index in [0.717, 1.165) is 38.0 Å². The zero-order valence-electron chi connectivity index (χ0n) is 12.2. The summed E-state index contributed by atoms with van der Waals surface area (Å²) < 4.78 is 0. The smallest absolute Gasteiger partial charge is 0.254 e. The first-order valence-corrected chi connectivity index (χ1v) is 7.16. The van der Waals surface area contributed by atoms with E-state index in [1.54, 1.807) is 0 Å². The van der Waals surface area contributed by atoms with E-state index in [1.807, 2.05) is 17.0 Å². The molecule has 0 aliphatic carbocycles. The van der Waals surface area contributed by atoms with Gasteiger partial charge >= 0.3 is 0 Å². The van der Waals surface area contributed by atoms with Crippen molar-refractivity contribution in [1.29, 1.82) is 0 Å². The molecule has 1 fully saturated rings. The summed E-state index contributed by atoms with van der Waals surface area (Å²) in [5.74, 6) is 0.148. The molecule has 1 aliphatic rings. The van der Waals surface area contributed by atoms with Crippen molar-refractivity contribution in [1.82, 2.24) is 10.2 Å². The zero-order chi connectivity index (χ0) is 13.9. The SMILES string of the molecule is CCCc1ccc(C(=O)N2CCNCC2(C)C)cc1. The monoisotopic (exact) mass is 260 g/mol. The molecule has 1 N–H and O–H groups in total. The van der Waals surface area contributed by atoms with E-state index in [0.29, 0.717) is 0 Å². The lowest BCUT2D eigenvalue weighted by Crippen LogP contribution is -2.59. The summed E-state index contributed by atoms with van der Waals surface area (Å²) >= 11 is 0. The van der Waals surface area contributed by atoms with E-state index >= 15 is 0 Å². The zero-order valence-corrected chi connectivity index (χ0v) is 12.2. The Morgan fingerprint density at radius 1 is 1.32 bits per heavy atom. The van der Waals surface area contributed by atoms with Gasteiger partial charge in [0.25, 0.3) is 5.91 Å². The predicted molar refractivity (Wildman–Crippen MR) is 78.4 cm³/mol. The van der Waals surface area contributed by atoms with Crippen LogP contribution in [-0.4, -0.2) is 36.0 Å². The molecule has 0 aromatic heterocycles. The second-order valence-corrected chi connectivity index (χ2v) is 5.89. The van der Waals surface area contributed by atoms with Crippen molar-refractivity contribution in [3.63, 3.8) is 0 Å². The fourth-order valence-electron chi connectivity index (χ4n) is 2.62. The molecular weight excluding hydrogens is 236 g/mol. The average Bonchev–Trinajstić information content (AvgIpc) is 2.39. The number of amides is 1. The predicted octanol–water partition coefficient (Wildman–Crippen LogP) is 2.46. The van der Waals surface area contributed by atoms with Crippen LogP contribution in [0.3, 0.4) is 0 Å². The first-order valence-electron chi connectivity index (χ1n) is 7.16. The van der Waals surface area contributed by atoms with Crippen molar-refractivity contribution in [3.8, 4) is 0 Å². The van der Waals surface area contributed by atoms with Crippen LogP contribution in [0.2, 0.25) is 0 Å². The van der Waals surface area contributed by atoms with Crippen LogP contribution in [0.4, 0.5) is 0 Å². The largest absolute Gasteiger partial charge is 0.331 e. The van der Waals surface area contributed by atoms with Crippen LogP contribution in [0.1, 0.15) is 43.1 Å². The average molecular weight is 260 g/mol. The highest BCUT2D eigenvalue weighted by molar-refractivity contribution is 5.94. The van der Waals surface area contributed by atoms with Crippen LogP contribution in [0.15, 0.2) is 24.3 Å². The van der Waals surface area contributed by atoms with Crippen LogP contribution >= 0.6 is 0 Å². The second-order valence-electron chi connectivity index (χ2n) is 5.89. The molecule has 1 saturated heterocycles. The minimum absolute atomic E-state index is 0.114. The summed E-state index contributed by atoms with van der Waals surface area (Å²) in [7, 11) is 0. The molecule has 0 unspecified atom stereocenters. The van der Waals surface area contributed by atoms with Gasteiger partial charge in [-0.3, -0.25) is 4.79 Å². The minimum Gasteiger partial charge on any atom is -0.331 e. The first-order chi connectivity index (χ1) is 9.04. The van der Waals surface area contributed by atoms with Gasteiger partial charge in [-0.25, -0.2) is 0 Å². The molecule has 0 spiro atoms. The lowest BCUT2D eigenvalue weighted by molar-refractivity contribution is 0.0477. The van der Waals surface area contributed by atoms with Gasteiger partial charge in [-0.15, -0.1) is 0 Å². The Bertz CT molecular complexity index is 437. The van der Waals surface area contributed by atoms with E-state index in [9.17, 15) is 4.79 Å². The number of nitrogens with one attached hydrogen (secondary N) is 1. The number of rotatable bonds is 3. The topological polar surface area (TPSA) is 32.3 Å². The number of carbonyl (C=O) groups is 1. The number of hydrogen-bond donors (Lipinski definition) is 1. The molecule has 0 bridgehead atoms. The van der Waals surface area contributed by atoms with Crippen molar-refractivity contribution >= 4 is 5.91 Å². The normalized spacial score (nSPS) is 18.4. The summed E-state index contributed by atoms with van der Waals surface area (Å²) in [6.45, 7) is 8.91. The third-order valence-electron chi connectivity index (χ3n) is 3.79. The summed E-state index contributed by atoms with van der Waals surface area (Å²) in [4.78, 5) is 14.6. The molecule has 1 aliphatic heterocycles.